The number of allylic oxidation sites excluding steroid dienone is 2. The van der Waals surface area contributed by atoms with Crippen LogP contribution >= 0.6 is 11.6 Å². The van der Waals surface area contributed by atoms with Crippen molar-refractivity contribution in [2.45, 2.75) is 57.5 Å². The van der Waals surface area contributed by atoms with Gasteiger partial charge < -0.3 is 20.6 Å². The van der Waals surface area contributed by atoms with Crippen molar-refractivity contribution in [3.8, 4) is 5.75 Å². The van der Waals surface area contributed by atoms with E-state index in [-0.39, 0.29) is 23.4 Å². The van der Waals surface area contributed by atoms with E-state index in [0.717, 1.165) is 73.4 Å². The monoisotopic (exact) mass is 610 g/mol. The number of hydrogen-bond donors (Lipinski definition) is 3. The van der Waals surface area contributed by atoms with Gasteiger partial charge in [-0.25, -0.2) is 4.79 Å². The van der Waals surface area contributed by atoms with E-state index in [0.29, 0.717) is 27.9 Å². The Hall–Kier alpha value is -4.70. The lowest BCUT2D eigenvalue weighted by atomic mass is 9.70. The minimum atomic E-state index is -0.670. The maximum absolute atomic E-state index is 12.8. The van der Waals surface area contributed by atoms with Crippen LogP contribution in [0, 0.1) is 5.92 Å². The van der Waals surface area contributed by atoms with Crippen molar-refractivity contribution in [2.75, 3.05) is 5.73 Å². The summed E-state index contributed by atoms with van der Waals surface area (Å²) in [6, 6.07) is 11.2. The van der Waals surface area contributed by atoms with Crippen molar-refractivity contribution in [1.29, 1.82) is 0 Å². The Bertz CT molecular complexity index is 2020. The zero-order valence-electron chi connectivity index (χ0n) is 23.9. The summed E-state index contributed by atoms with van der Waals surface area (Å²) in [4.78, 5) is 29.7. The Morgan fingerprint density at radius 2 is 2.00 bits per heavy atom. The first-order valence-corrected chi connectivity index (χ1v) is 15.2. The number of anilines is 1. The number of pyridine rings is 1. The number of amides is 1. The van der Waals surface area contributed by atoms with Gasteiger partial charge in [-0.05, 0) is 80.7 Å². The number of aromatic nitrogens is 4. The number of aromatic hydroxyl groups is 1. The predicted octanol–water partition coefficient (Wildman–Crippen LogP) is 5.65. The number of halogens is 1. The highest BCUT2D eigenvalue weighted by Gasteiger charge is 2.33. The van der Waals surface area contributed by atoms with Crippen molar-refractivity contribution in [1.82, 2.24) is 25.3 Å². The lowest BCUT2D eigenvalue weighted by Crippen LogP contribution is -2.24. The predicted molar refractivity (Wildman–Crippen MR) is 168 cm³/mol. The topological polar surface area (TPSA) is 149 Å². The van der Waals surface area contributed by atoms with Gasteiger partial charge in [0.15, 0.2) is 0 Å². The molecule has 0 radical (unpaired) electrons. The molecule has 2 atom stereocenters. The smallest absolute Gasteiger partial charge is 0.337 e. The number of aryl methyl sites for hydroxylation is 1. The summed E-state index contributed by atoms with van der Waals surface area (Å²) in [5, 5.41) is 22.9. The third-order valence-electron chi connectivity index (χ3n) is 8.66. The molecule has 2 unspecified atom stereocenters. The number of rotatable bonds is 8. The number of benzene rings is 2. The van der Waals surface area contributed by atoms with Crippen LogP contribution in [0.5, 0.6) is 5.75 Å². The van der Waals surface area contributed by atoms with Crippen LogP contribution in [0.25, 0.3) is 21.9 Å². The van der Waals surface area contributed by atoms with Crippen LogP contribution in [0.3, 0.4) is 0 Å². The molecule has 0 spiro atoms. The number of phenols is 1. The molecule has 224 valence electrons. The van der Waals surface area contributed by atoms with Crippen molar-refractivity contribution >= 4 is 45.1 Å². The number of nitrogen functional groups attached to an aromatic ring is 1. The number of nitrogens with zero attached hydrogens (tertiary/aromatic N) is 4. The number of nitrogens with one attached hydrogen (secondary N) is 1. The highest BCUT2D eigenvalue weighted by atomic mass is 35.5. The van der Waals surface area contributed by atoms with Crippen LogP contribution in [0.15, 0.2) is 69.5 Å². The number of nitrogens with two attached hydrogens (primary N) is 1. The van der Waals surface area contributed by atoms with Crippen LogP contribution in [0.4, 0.5) is 5.69 Å². The fourth-order valence-electron chi connectivity index (χ4n) is 6.73. The van der Waals surface area contributed by atoms with Gasteiger partial charge in [-0.2, -0.15) is 0 Å². The van der Waals surface area contributed by atoms with Gasteiger partial charge in [-0.15, -0.1) is 5.10 Å². The number of carbonyl (C=O) groups is 1. The molecule has 7 rings (SSSR count). The van der Waals surface area contributed by atoms with Gasteiger partial charge >= 0.3 is 5.63 Å². The van der Waals surface area contributed by atoms with Gasteiger partial charge in [-0.3, -0.25) is 14.5 Å². The maximum Gasteiger partial charge on any atom is 0.337 e. The number of unbranched alkanes of at least 4 members (excludes halogenated alkanes) is 1. The van der Waals surface area contributed by atoms with Crippen molar-refractivity contribution in [3.05, 3.63) is 98.3 Å². The number of carbonyl (C=O) groups excluding carboxylic acids is 1. The maximum atomic E-state index is 12.8. The fourth-order valence-corrected chi connectivity index (χ4v) is 6.90. The first-order chi connectivity index (χ1) is 21.3. The van der Waals surface area contributed by atoms with Gasteiger partial charge in [0.2, 0.25) is 0 Å². The quantitative estimate of drug-likeness (QED) is 0.116. The van der Waals surface area contributed by atoms with Crippen LogP contribution in [0.2, 0.25) is 5.02 Å². The summed E-state index contributed by atoms with van der Waals surface area (Å²) in [6.45, 7) is 0.888. The largest absolute Gasteiger partial charge is 0.508 e. The Labute approximate surface area is 257 Å². The van der Waals surface area contributed by atoms with Gasteiger partial charge in [0, 0.05) is 51.4 Å². The highest BCUT2D eigenvalue weighted by molar-refractivity contribution is 6.31. The molecule has 4 N–H and O–H groups in total. The average molecular weight is 611 g/mol. The van der Waals surface area contributed by atoms with Gasteiger partial charge in [0.1, 0.15) is 17.0 Å². The second-order valence-electron chi connectivity index (χ2n) is 11.7. The first kappa shape index (κ1) is 28.1. The van der Waals surface area contributed by atoms with Crippen LogP contribution < -0.4 is 16.7 Å². The summed E-state index contributed by atoms with van der Waals surface area (Å²) in [7, 11) is 0. The Balaban J connectivity index is 0.923. The molecule has 11 heteroatoms. The zero-order valence-corrected chi connectivity index (χ0v) is 24.7. The summed E-state index contributed by atoms with van der Waals surface area (Å²) in [5.41, 5.74) is 12.5. The number of fused-ring (bicyclic) bond motifs is 6. The van der Waals surface area contributed by atoms with Crippen LogP contribution in [0.1, 0.15) is 65.3 Å². The molecule has 3 heterocycles. The molecule has 0 fully saturated rings. The van der Waals surface area contributed by atoms with E-state index in [1.165, 1.54) is 23.3 Å². The van der Waals surface area contributed by atoms with Crippen LogP contribution in [-0.4, -0.2) is 31.0 Å². The molecule has 1 amide bonds. The van der Waals surface area contributed by atoms with E-state index in [2.05, 4.69) is 21.7 Å². The van der Waals surface area contributed by atoms with Crippen molar-refractivity contribution in [2.24, 2.45) is 5.92 Å². The van der Waals surface area contributed by atoms with Gasteiger partial charge in [0.05, 0.1) is 23.8 Å². The van der Waals surface area contributed by atoms with E-state index >= 15 is 0 Å². The molecule has 5 aromatic rings. The molecule has 2 aromatic carbocycles. The molecule has 0 saturated heterocycles. The summed E-state index contributed by atoms with van der Waals surface area (Å²) >= 11 is 6.21. The first-order valence-electron chi connectivity index (χ1n) is 14.8. The Morgan fingerprint density at radius 3 is 2.89 bits per heavy atom. The number of hydrogen-bond acceptors (Lipinski definition) is 8. The molecular weight excluding hydrogens is 580 g/mol. The molecule has 2 aliphatic carbocycles. The van der Waals surface area contributed by atoms with E-state index in [4.69, 9.17) is 26.7 Å². The van der Waals surface area contributed by atoms with E-state index in [1.807, 2.05) is 24.4 Å². The number of phenolic OH excluding ortho intramolecular Hbond substituents is 1. The lowest BCUT2D eigenvalue weighted by molar-refractivity contribution is 0.0951. The SMILES string of the molecule is Nc1c2c(nc3cc(Cl)ccc13)CC1C=C(CCCCn3cc(CNC(=O)c4cc(=O)oc5cc(O)ccc45)nn3)CC2C1. The second-order valence-corrected chi connectivity index (χ2v) is 12.2. The zero-order chi connectivity index (χ0) is 30.4. The second kappa shape index (κ2) is 11.4. The Morgan fingerprint density at radius 1 is 1.14 bits per heavy atom. The van der Waals surface area contributed by atoms with E-state index in [1.54, 1.807) is 10.7 Å². The third kappa shape index (κ3) is 5.53. The summed E-state index contributed by atoms with van der Waals surface area (Å²) < 4.78 is 6.90. The molecular formula is C33H31ClN6O4. The molecule has 2 aliphatic rings. The summed E-state index contributed by atoms with van der Waals surface area (Å²) in [5.74, 6) is 0.400. The fraction of sp³-hybridized carbons (Fsp3) is 0.303. The molecule has 44 heavy (non-hydrogen) atoms. The van der Waals surface area contributed by atoms with Crippen molar-refractivity contribution < 1.29 is 14.3 Å². The van der Waals surface area contributed by atoms with Gasteiger partial charge in [-0.1, -0.05) is 28.5 Å². The molecule has 2 bridgehead atoms. The highest BCUT2D eigenvalue weighted by Crippen LogP contribution is 2.47. The molecule has 0 saturated carbocycles. The lowest BCUT2D eigenvalue weighted by Gasteiger charge is -2.36. The molecule has 3 aromatic heterocycles. The molecule has 0 aliphatic heterocycles. The normalized spacial score (nSPS) is 17.4. The average Bonchev–Trinajstić information content (AvgIpc) is 3.44. The third-order valence-corrected chi connectivity index (χ3v) is 8.90. The summed E-state index contributed by atoms with van der Waals surface area (Å²) in [6.07, 6.45) is 10.4. The van der Waals surface area contributed by atoms with Gasteiger partial charge in [0.25, 0.3) is 5.91 Å². The van der Waals surface area contributed by atoms with E-state index < -0.39 is 11.5 Å². The van der Waals surface area contributed by atoms with Crippen LogP contribution in [-0.2, 0) is 19.5 Å². The minimum absolute atomic E-state index is 0.0541. The molecule has 10 nitrogen and oxygen atoms in total. The standard InChI is InChI=1S/C33H31ClN6O4/c34-21-4-6-25-27(13-21)37-28-12-19-9-18(10-20(11-19)31(28)32(25)35)3-1-2-8-40-17-22(38-39-40)16-36-33(43)26-15-30(42)44-29-14-23(41)5-7-24(26)29/h4-7,9,13-15,17,19-20,41H,1-3,8,10-12,16H2,(H2,35,37)(H,36,43). The van der Waals surface area contributed by atoms with Crippen molar-refractivity contribution in [3.63, 3.8) is 0 Å². The minimum Gasteiger partial charge on any atom is -0.508 e. The Kier molecular flexibility index (Phi) is 7.29. The van der Waals surface area contributed by atoms with E-state index in [9.17, 15) is 14.7 Å².